The monoisotopic (exact) mass is 431 g/mol. The van der Waals surface area contributed by atoms with Gasteiger partial charge in [0.25, 0.3) is 0 Å². The van der Waals surface area contributed by atoms with E-state index in [1.165, 1.54) is 0 Å². The fourth-order valence-electron chi connectivity index (χ4n) is 2.03. The molecule has 23 heavy (non-hydrogen) atoms. The maximum atomic E-state index is 13.5. The van der Waals surface area contributed by atoms with E-state index < -0.39 is 0 Å². The van der Waals surface area contributed by atoms with E-state index in [2.05, 4.69) is 20.7 Å². The molecular formula is C16H23FIN5. The Labute approximate surface area is 153 Å². The molecule has 0 atom stereocenters. The third-order valence-electron chi connectivity index (χ3n) is 3.34. The second kappa shape index (κ2) is 10.2. The zero-order valence-electron chi connectivity index (χ0n) is 13.4. The summed E-state index contributed by atoms with van der Waals surface area (Å²) in [5, 5.41) is 10.6. The number of rotatable bonds is 6. The van der Waals surface area contributed by atoms with Crippen molar-refractivity contribution < 1.29 is 4.39 Å². The van der Waals surface area contributed by atoms with Gasteiger partial charge in [-0.05, 0) is 36.6 Å². The number of aromatic nitrogens is 2. The third kappa shape index (κ3) is 6.55. The number of aliphatic imine (C=N–C) groups is 1. The molecule has 5 nitrogen and oxygen atoms in total. The number of hydrogen-bond donors (Lipinski definition) is 2. The first kappa shape index (κ1) is 19.4. The molecule has 1 aromatic carbocycles. The zero-order valence-corrected chi connectivity index (χ0v) is 15.8. The molecule has 2 N–H and O–H groups in total. The van der Waals surface area contributed by atoms with Crippen LogP contribution >= 0.6 is 24.0 Å². The number of benzene rings is 1. The van der Waals surface area contributed by atoms with E-state index >= 15 is 0 Å². The van der Waals surface area contributed by atoms with Crippen LogP contribution in [-0.4, -0.2) is 29.3 Å². The van der Waals surface area contributed by atoms with Crippen molar-refractivity contribution in [3.05, 3.63) is 53.6 Å². The molecule has 2 aromatic rings. The van der Waals surface area contributed by atoms with Crippen LogP contribution in [0, 0.1) is 12.7 Å². The SMILES string of the molecule is CN=C(NCCCn1cccn1)NCc1ccc(C)c(F)c1.I. The second-order valence-electron chi connectivity index (χ2n) is 5.06. The van der Waals surface area contributed by atoms with Gasteiger partial charge in [-0.2, -0.15) is 5.10 Å². The lowest BCUT2D eigenvalue weighted by atomic mass is 10.1. The molecule has 0 saturated carbocycles. The summed E-state index contributed by atoms with van der Waals surface area (Å²) in [6.45, 7) is 3.95. The number of hydrogen-bond acceptors (Lipinski definition) is 2. The molecule has 0 aliphatic heterocycles. The molecule has 0 amide bonds. The maximum absolute atomic E-state index is 13.5. The van der Waals surface area contributed by atoms with Gasteiger partial charge < -0.3 is 10.6 Å². The van der Waals surface area contributed by atoms with E-state index in [1.807, 2.05) is 23.0 Å². The van der Waals surface area contributed by atoms with Gasteiger partial charge in [0, 0.05) is 39.1 Å². The third-order valence-corrected chi connectivity index (χ3v) is 3.34. The summed E-state index contributed by atoms with van der Waals surface area (Å²) >= 11 is 0. The highest BCUT2D eigenvalue weighted by Crippen LogP contribution is 2.08. The molecule has 1 heterocycles. The molecule has 126 valence electrons. The van der Waals surface area contributed by atoms with Gasteiger partial charge in [-0.1, -0.05) is 12.1 Å². The van der Waals surface area contributed by atoms with Crippen molar-refractivity contribution >= 4 is 29.9 Å². The Morgan fingerprint density at radius 2 is 2.17 bits per heavy atom. The normalized spacial score (nSPS) is 11.0. The van der Waals surface area contributed by atoms with E-state index in [4.69, 9.17) is 0 Å². The Bertz CT molecular complexity index is 613. The average molecular weight is 431 g/mol. The molecule has 0 unspecified atom stereocenters. The standard InChI is InChI=1S/C16H22FN5.HI/c1-13-5-6-14(11-15(13)17)12-20-16(18-2)19-7-3-9-22-10-4-8-21-22;/h4-6,8,10-11H,3,7,9,12H2,1-2H3,(H2,18,19,20);1H. The molecule has 0 saturated heterocycles. The smallest absolute Gasteiger partial charge is 0.191 e. The minimum absolute atomic E-state index is 0. The molecule has 0 radical (unpaired) electrons. The van der Waals surface area contributed by atoms with Gasteiger partial charge in [0.15, 0.2) is 5.96 Å². The van der Waals surface area contributed by atoms with Gasteiger partial charge in [0.05, 0.1) is 0 Å². The van der Waals surface area contributed by atoms with Gasteiger partial charge in [0.2, 0.25) is 0 Å². The van der Waals surface area contributed by atoms with Crippen molar-refractivity contribution in [1.29, 1.82) is 0 Å². The average Bonchev–Trinajstić information content (AvgIpc) is 3.03. The summed E-state index contributed by atoms with van der Waals surface area (Å²) in [4.78, 5) is 4.16. The summed E-state index contributed by atoms with van der Waals surface area (Å²) in [5.41, 5.74) is 1.55. The van der Waals surface area contributed by atoms with Crippen LogP contribution in [0.4, 0.5) is 4.39 Å². The Kier molecular flexibility index (Phi) is 8.60. The van der Waals surface area contributed by atoms with Crippen LogP contribution in [0.3, 0.4) is 0 Å². The van der Waals surface area contributed by atoms with Crippen LogP contribution in [0.1, 0.15) is 17.5 Å². The lowest BCUT2D eigenvalue weighted by Gasteiger charge is -2.12. The minimum atomic E-state index is -0.179. The first-order valence-electron chi connectivity index (χ1n) is 7.36. The Morgan fingerprint density at radius 3 is 2.83 bits per heavy atom. The van der Waals surface area contributed by atoms with Crippen LogP contribution < -0.4 is 10.6 Å². The molecule has 2 rings (SSSR count). The van der Waals surface area contributed by atoms with E-state index in [-0.39, 0.29) is 29.8 Å². The number of halogens is 2. The van der Waals surface area contributed by atoms with E-state index in [1.54, 1.807) is 32.3 Å². The Balaban J connectivity index is 0.00000264. The van der Waals surface area contributed by atoms with Crippen LogP contribution in [-0.2, 0) is 13.1 Å². The van der Waals surface area contributed by atoms with Crippen molar-refractivity contribution in [2.45, 2.75) is 26.4 Å². The van der Waals surface area contributed by atoms with E-state index in [0.717, 1.165) is 25.1 Å². The number of aryl methyl sites for hydroxylation is 2. The summed E-state index contributed by atoms with van der Waals surface area (Å²) in [5.74, 6) is 0.530. The maximum Gasteiger partial charge on any atom is 0.191 e. The summed E-state index contributed by atoms with van der Waals surface area (Å²) in [7, 11) is 1.72. The molecule has 0 aliphatic rings. The summed E-state index contributed by atoms with van der Waals surface area (Å²) in [6, 6.07) is 7.16. The molecule has 0 aliphatic carbocycles. The summed E-state index contributed by atoms with van der Waals surface area (Å²) < 4.78 is 15.4. The first-order chi connectivity index (χ1) is 10.7. The molecule has 0 spiro atoms. The summed E-state index contributed by atoms with van der Waals surface area (Å²) in [6.07, 6.45) is 4.66. The van der Waals surface area contributed by atoms with Crippen LogP contribution in [0.25, 0.3) is 0 Å². The van der Waals surface area contributed by atoms with E-state index in [0.29, 0.717) is 18.1 Å². The highest BCUT2D eigenvalue weighted by molar-refractivity contribution is 14.0. The van der Waals surface area contributed by atoms with Gasteiger partial charge >= 0.3 is 0 Å². The van der Waals surface area contributed by atoms with Crippen molar-refractivity contribution in [1.82, 2.24) is 20.4 Å². The first-order valence-corrected chi connectivity index (χ1v) is 7.36. The van der Waals surface area contributed by atoms with Crippen molar-refractivity contribution in [3.8, 4) is 0 Å². The van der Waals surface area contributed by atoms with Gasteiger partial charge in [0.1, 0.15) is 5.82 Å². The van der Waals surface area contributed by atoms with Gasteiger partial charge in [-0.25, -0.2) is 4.39 Å². The number of nitrogens with one attached hydrogen (secondary N) is 2. The van der Waals surface area contributed by atoms with Crippen molar-refractivity contribution in [2.75, 3.05) is 13.6 Å². The molecule has 0 bridgehead atoms. The largest absolute Gasteiger partial charge is 0.356 e. The predicted molar refractivity (Wildman–Crippen MR) is 102 cm³/mol. The van der Waals surface area contributed by atoms with Gasteiger partial charge in [-0.3, -0.25) is 9.67 Å². The molecule has 7 heteroatoms. The number of guanidine groups is 1. The number of nitrogens with zero attached hydrogens (tertiary/aromatic N) is 3. The molecule has 0 fully saturated rings. The van der Waals surface area contributed by atoms with Gasteiger partial charge in [-0.15, -0.1) is 24.0 Å². The van der Waals surface area contributed by atoms with Crippen LogP contribution in [0.2, 0.25) is 0 Å². The quantitative estimate of drug-likeness (QED) is 0.320. The lowest BCUT2D eigenvalue weighted by Crippen LogP contribution is -2.37. The zero-order chi connectivity index (χ0) is 15.8. The highest BCUT2D eigenvalue weighted by atomic mass is 127. The van der Waals surface area contributed by atoms with Crippen LogP contribution in [0.5, 0.6) is 0 Å². The Morgan fingerprint density at radius 1 is 1.35 bits per heavy atom. The minimum Gasteiger partial charge on any atom is -0.356 e. The highest BCUT2D eigenvalue weighted by Gasteiger charge is 2.01. The predicted octanol–water partition coefficient (Wildman–Crippen LogP) is 2.70. The van der Waals surface area contributed by atoms with Crippen LogP contribution in [0.15, 0.2) is 41.7 Å². The van der Waals surface area contributed by atoms with E-state index in [9.17, 15) is 4.39 Å². The Hall–Kier alpha value is -1.64. The fourth-order valence-corrected chi connectivity index (χ4v) is 2.03. The fraction of sp³-hybridized carbons (Fsp3) is 0.375. The second-order valence-corrected chi connectivity index (χ2v) is 5.06. The topological polar surface area (TPSA) is 54.2 Å². The molecular weight excluding hydrogens is 408 g/mol. The lowest BCUT2D eigenvalue weighted by molar-refractivity contribution is 0.570. The van der Waals surface area contributed by atoms with Crippen molar-refractivity contribution in [2.24, 2.45) is 4.99 Å². The molecule has 1 aromatic heterocycles. The van der Waals surface area contributed by atoms with Crippen molar-refractivity contribution in [3.63, 3.8) is 0 Å².